The van der Waals surface area contributed by atoms with Crippen LogP contribution < -0.4 is 16.4 Å². The molecule has 0 saturated carbocycles. The summed E-state index contributed by atoms with van der Waals surface area (Å²) in [6, 6.07) is 0. The van der Waals surface area contributed by atoms with Crippen LogP contribution in [0.4, 0.5) is 0 Å². The highest BCUT2D eigenvalue weighted by molar-refractivity contribution is 4.47. The minimum absolute atomic E-state index is 0.559. The first-order valence-electron chi connectivity index (χ1n) is 3.53. The van der Waals surface area contributed by atoms with Crippen molar-refractivity contribution >= 4 is 0 Å². The average Bonchev–Trinajstić information content (AvgIpc) is 1.87. The van der Waals surface area contributed by atoms with Crippen LogP contribution in [0.3, 0.4) is 0 Å². The van der Waals surface area contributed by atoms with Gasteiger partial charge in [-0.25, -0.2) is 0 Å². The molecule has 10 heavy (non-hydrogen) atoms. The van der Waals surface area contributed by atoms with Crippen LogP contribution in [-0.4, -0.2) is 45.4 Å². The first-order valence-corrected chi connectivity index (χ1v) is 3.53. The monoisotopic (exact) mass is 146 g/mol. The molecule has 0 aliphatic heterocycles. The van der Waals surface area contributed by atoms with Crippen molar-refractivity contribution in [3.05, 3.63) is 0 Å². The van der Waals surface area contributed by atoms with Crippen molar-refractivity contribution < 1.29 is 0 Å². The van der Waals surface area contributed by atoms with Gasteiger partial charge in [0.05, 0.1) is 0 Å². The molecule has 0 saturated heterocycles. The summed E-state index contributed by atoms with van der Waals surface area (Å²) in [4.78, 5) is 2.09. The van der Waals surface area contributed by atoms with Crippen LogP contribution in [0.5, 0.6) is 0 Å². The third-order valence-corrected chi connectivity index (χ3v) is 1.05. The molecule has 0 radical (unpaired) electrons. The summed E-state index contributed by atoms with van der Waals surface area (Å²) in [6.45, 7) is 3.38. The summed E-state index contributed by atoms with van der Waals surface area (Å²) in [6.07, 6.45) is 0. The average molecular weight is 146 g/mol. The molecule has 0 aliphatic carbocycles. The first kappa shape index (κ1) is 9.84. The third-order valence-electron chi connectivity index (χ3n) is 1.05. The molecule has 0 heterocycles. The van der Waals surface area contributed by atoms with Crippen LogP contribution in [-0.2, 0) is 0 Å². The molecule has 0 amide bonds. The van der Waals surface area contributed by atoms with Crippen LogP contribution in [0.25, 0.3) is 0 Å². The van der Waals surface area contributed by atoms with Crippen LogP contribution in [0, 0.1) is 0 Å². The Bertz CT molecular complexity index is 64.8. The molecular weight excluding hydrogens is 128 g/mol. The lowest BCUT2D eigenvalue weighted by Gasteiger charge is -2.10. The van der Waals surface area contributed by atoms with E-state index in [4.69, 9.17) is 5.73 Å². The summed E-state index contributed by atoms with van der Waals surface area (Å²) in [5.41, 5.74) is 5.22. The third kappa shape index (κ3) is 7.84. The van der Waals surface area contributed by atoms with Crippen molar-refractivity contribution in [2.45, 2.75) is 0 Å². The maximum absolute atomic E-state index is 5.22. The molecule has 0 spiro atoms. The molecule has 0 bridgehead atoms. The van der Waals surface area contributed by atoms with Gasteiger partial charge in [-0.2, -0.15) is 0 Å². The maximum atomic E-state index is 5.22. The van der Waals surface area contributed by atoms with Crippen molar-refractivity contribution in [1.82, 2.24) is 15.5 Å². The highest BCUT2D eigenvalue weighted by Gasteiger charge is 1.86. The fraction of sp³-hybridized carbons (Fsp3) is 1.00. The van der Waals surface area contributed by atoms with Crippen LogP contribution in [0.2, 0.25) is 0 Å². The van der Waals surface area contributed by atoms with Gasteiger partial charge in [-0.05, 0) is 14.1 Å². The number of hydrogen-bond donors (Lipinski definition) is 3. The summed E-state index contributed by atoms with van der Waals surface area (Å²) < 4.78 is 0. The van der Waals surface area contributed by atoms with Crippen LogP contribution in [0.15, 0.2) is 0 Å². The van der Waals surface area contributed by atoms with E-state index in [0.29, 0.717) is 6.67 Å². The van der Waals surface area contributed by atoms with Crippen molar-refractivity contribution in [3.63, 3.8) is 0 Å². The SMILES string of the molecule is CN(C)CNCCNCN. The van der Waals surface area contributed by atoms with Gasteiger partial charge >= 0.3 is 0 Å². The highest BCUT2D eigenvalue weighted by atomic mass is 15.2. The normalized spacial score (nSPS) is 10.8. The van der Waals surface area contributed by atoms with Crippen molar-refractivity contribution in [2.24, 2.45) is 5.73 Å². The van der Waals surface area contributed by atoms with Gasteiger partial charge in [-0.3, -0.25) is 4.90 Å². The molecular formula is C6H18N4. The predicted octanol–water partition coefficient (Wildman–Crippen LogP) is -1.40. The van der Waals surface area contributed by atoms with Gasteiger partial charge in [0.25, 0.3) is 0 Å². The van der Waals surface area contributed by atoms with Crippen LogP contribution in [0.1, 0.15) is 0 Å². The minimum Gasteiger partial charge on any atom is -0.318 e. The van der Waals surface area contributed by atoms with Gasteiger partial charge in [0.2, 0.25) is 0 Å². The first-order chi connectivity index (χ1) is 4.77. The second-order valence-electron chi connectivity index (χ2n) is 2.44. The molecule has 0 rings (SSSR count). The summed E-state index contributed by atoms with van der Waals surface area (Å²) in [5, 5.41) is 6.25. The summed E-state index contributed by atoms with van der Waals surface area (Å²) >= 11 is 0. The molecule has 4 nitrogen and oxygen atoms in total. The van der Waals surface area contributed by atoms with Gasteiger partial charge in [0.15, 0.2) is 0 Å². The van der Waals surface area contributed by atoms with Gasteiger partial charge in [0, 0.05) is 26.4 Å². The van der Waals surface area contributed by atoms with Gasteiger partial charge in [-0.15, -0.1) is 0 Å². The Morgan fingerprint density at radius 1 is 1.20 bits per heavy atom. The number of nitrogens with two attached hydrogens (primary N) is 1. The summed E-state index contributed by atoms with van der Waals surface area (Å²) in [5.74, 6) is 0. The number of hydrogen-bond acceptors (Lipinski definition) is 4. The van der Waals surface area contributed by atoms with E-state index in [1.807, 2.05) is 14.1 Å². The standard InChI is InChI=1S/C6H18N4/c1-10(2)6-9-4-3-8-5-7/h8-9H,3-7H2,1-2H3. The number of nitrogens with one attached hydrogen (secondary N) is 2. The molecule has 0 aromatic carbocycles. The Labute approximate surface area is 62.8 Å². The lowest BCUT2D eigenvalue weighted by molar-refractivity contribution is 0.368. The van der Waals surface area contributed by atoms with E-state index >= 15 is 0 Å². The van der Waals surface area contributed by atoms with E-state index in [-0.39, 0.29) is 0 Å². The zero-order valence-corrected chi connectivity index (χ0v) is 6.85. The second kappa shape index (κ2) is 6.95. The Hall–Kier alpha value is -0.160. The van der Waals surface area contributed by atoms with E-state index in [9.17, 15) is 0 Å². The topological polar surface area (TPSA) is 53.3 Å². The highest BCUT2D eigenvalue weighted by Crippen LogP contribution is 1.65. The fourth-order valence-corrected chi connectivity index (χ4v) is 0.582. The molecule has 4 heteroatoms. The number of rotatable bonds is 6. The van der Waals surface area contributed by atoms with Crippen LogP contribution >= 0.6 is 0 Å². The Balaban J connectivity index is 2.77. The Kier molecular flexibility index (Phi) is 6.84. The molecule has 62 valence electrons. The van der Waals surface area contributed by atoms with Gasteiger partial charge in [0.1, 0.15) is 0 Å². The Morgan fingerprint density at radius 2 is 1.80 bits per heavy atom. The summed E-state index contributed by atoms with van der Waals surface area (Å²) in [7, 11) is 4.06. The molecule has 0 atom stereocenters. The fourth-order valence-electron chi connectivity index (χ4n) is 0.582. The predicted molar refractivity (Wildman–Crippen MR) is 43.6 cm³/mol. The molecule has 0 fully saturated rings. The molecule has 0 aromatic heterocycles. The molecule has 0 aromatic rings. The lowest BCUT2D eigenvalue weighted by Crippen LogP contribution is -2.35. The molecule has 0 aliphatic rings. The minimum atomic E-state index is 0.559. The van der Waals surface area contributed by atoms with Crippen molar-refractivity contribution in [1.29, 1.82) is 0 Å². The van der Waals surface area contributed by atoms with E-state index in [0.717, 1.165) is 19.8 Å². The number of nitrogens with zero attached hydrogens (tertiary/aromatic N) is 1. The van der Waals surface area contributed by atoms with Crippen molar-refractivity contribution in [3.8, 4) is 0 Å². The van der Waals surface area contributed by atoms with E-state index in [1.54, 1.807) is 0 Å². The molecule has 0 unspecified atom stereocenters. The zero-order chi connectivity index (χ0) is 7.82. The van der Waals surface area contributed by atoms with E-state index in [2.05, 4.69) is 15.5 Å². The van der Waals surface area contributed by atoms with Crippen molar-refractivity contribution in [2.75, 3.05) is 40.5 Å². The Morgan fingerprint density at radius 3 is 2.30 bits per heavy atom. The maximum Gasteiger partial charge on any atom is 0.0475 e. The van der Waals surface area contributed by atoms with E-state index < -0.39 is 0 Å². The quantitative estimate of drug-likeness (QED) is 0.319. The largest absolute Gasteiger partial charge is 0.318 e. The zero-order valence-electron chi connectivity index (χ0n) is 6.85. The van der Waals surface area contributed by atoms with Gasteiger partial charge < -0.3 is 16.4 Å². The van der Waals surface area contributed by atoms with Gasteiger partial charge in [-0.1, -0.05) is 0 Å². The van der Waals surface area contributed by atoms with E-state index in [1.165, 1.54) is 0 Å². The second-order valence-corrected chi connectivity index (χ2v) is 2.44. The smallest absolute Gasteiger partial charge is 0.0475 e. The molecule has 4 N–H and O–H groups in total. The lowest BCUT2D eigenvalue weighted by atomic mass is 10.6.